The van der Waals surface area contributed by atoms with Crippen LogP contribution in [0.5, 0.6) is 0 Å². The number of fused-ring (bicyclic) bond motifs is 1. The Hall–Kier alpha value is -3.71. The fraction of sp³-hybridized carbons (Fsp3) is 0.231. The van der Waals surface area contributed by atoms with Gasteiger partial charge in [-0.15, -0.1) is 0 Å². The van der Waals surface area contributed by atoms with Gasteiger partial charge >= 0.3 is 0 Å². The van der Waals surface area contributed by atoms with Crippen LogP contribution in [0.15, 0.2) is 66.9 Å². The van der Waals surface area contributed by atoms with Crippen molar-refractivity contribution in [1.29, 1.82) is 0 Å². The fourth-order valence-electron chi connectivity index (χ4n) is 4.44. The summed E-state index contributed by atoms with van der Waals surface area (Å²) >= 11 is 5.84. The molecule has 8 heteroatoms. The van der Waals surface area contributed by atoms with Crippen LogP contribution in [0, 0.1) is 12.8 Å². The van der Waals surface area contributed by atoms with Gasteiger partial charge in [-0.1, -0.05) is 29.8 Å². The molecule has 172 valence electrons. The number of carbonyl (C=O) groups excluding carboxylic acids is 2. The Morgan fingerprint density at radius 1 is 1.03 bits per heavy atom. The third kappa shape index (κ3) is 4.39. The first-order chi connectivity index (χ1) is 16.5. The number of amides is 2. The summed E-state index contributed by atoms with van der Waals surface area (Å²) in [6.07, 6.45) is 2.71. The van der Waals surface area contributed by atoms with Crippen LogP contribution in [0.4, 0.5) is 5.82 Å². The quantitative estimate of drug-likeness (QED) is 0.458. The van der Waals surface area contributed by atoms with Gasteiger partial charge in [-0.2, -0.15) is 0 Å². The van der Waals surface area contributed by atoms with E-state index in [4.69, 9.17) is 11.6 Å². The second kappa shape index (κ2) is 9.27. The standard InChI is InChI=1S/C26H24ClN5O2/c1-17-29-22-15-19(7-9-23(22)32(17)21-5-3-2-4-6-21)26(34)31-13-11-18(12-14-31)25(33)30-24-10-8-20(27)16-28-24/h2-10,15-16,18H,11-14H2,1H3,(H,28,30,33). The third-order valence-electron chi connectivity index (χ3n) is 6.22. The van der Waals surface area contributed by atoms with Crippen molar-refractivity contribution in [3.8, 4) is 5.69 Å². The van der Waals surface area contributed by atoms with Crippen molar-refractivity contribution < 1.29 is 9.59 Å². The number of piperidine rings is 1. The van der Waals surface area contributed by atoms with Crippen LogP contribution in [-0.2, 0) is 4.79 Å². The Kier molecular flexibility index (Phi) is 6.02. The molecule has 4 aromatic rings. The number of nitrogens with one attached hydrogen (secondary N) is 1. The minimum absolute atomic E-state index is 0.0351. The normalized spacial score (nSPS) is 14.4. The number of carbonyl (C=O) groups is 2. The van der Waals surface area contributed by atoms with Gasteiger partial charge in [-0.05, 0) is 62.2 Å². The summed E-state index contributed by atoms with van der Waals surface area (Å²) in [5, 5.41) is 3.35. The lowest BCUT2D eigenvalue weighted by atomic mass is 9.95. The van der Waals surface area contributed by atoms with Crippen LogP contribution in [0.1, 0.15) is 29.0 Å². The smallest absolute Gasteiger partial charge is 0.253 e. The molecule has 34 heavy (non-hydrogen) atoms. The largest absolute Gasteiger partial charge is 0.339 e. The van der Waals surface area contributed by atoms with E-state index in [-0.39, 0.29) is 17.7 Å². The number of aryl methyl sites for hydroxylation is 1. The number of hydrogen-bond donors (Lipinski definition) is 1. The fourth-order valence-corrected chi connectivity index (χ4v) is 4.55. The lowest BCUT2D eigenvalue weighted by Gasteiger charge is -2.31. The number of pyridine rings is 1. The van der Waals surface area contributed by atoms with Crippen LogP contribution >= 0.6 is 11.6 Å². The van der Waals surface area contributed by atoms with E-state index >= 15 is 0 Å². The summed E-state index contributed by atoms with van der Waals surface area (Å²) in [6.45, 7) is 3.02. The maximum atomic E-state index is 13.2. The summed E-state index contributed by atoms with van der Waals surface area (Å²) in [5.74, 6) is 1.07. The Bertz CT molecular complexity index is 1340. The predicted molar refractivity (Wildman–Crippen MR) is 132 cm³/mol. The van der Waals surface area contributed by atoms with Crippen molar-refractivity contribution in [2.45, 2.75) is 19.8 Å². The van der Waals surface area contributed by atoms with E-state index in [1.165, 1.54) is 6.20 Å². The van der Waals surface area contributed by atoms with Gasteiger partial charge in [0.15, 0.2) is 0 Å². The number of imidazole rings is 1. The Morgan fingerprint density at radius 3 is 2.50 bits per heavy atom. The Morgan fingerprint density at radius 2 is 1.79 bits per heavy atom. The summed E-state index contributed by atoms with van der Waals surface area (Å²) in [7, 11) is 0. The van der Waals surface area contributed by atoms with Gasteiger partial charge in [0.1, 0.15) is 11.6 Å². The molecule has 1 aliphatic heterocycles. The molecule has 2 aromatic carbocycles. The number of benzene rings is 2. The molecule has 3 heterocycles. The number of anilines is 1. The first kappa shape index (κ1) is 22.1. The number of likely N-dealkylation sites (tertiary alicyclic amines) is 1. The molecule has 0 unspecified atom stereocenters. The number of aromatic nitrogens is 3. The number of nitrogens with zero attached hydrogens (tertiary/aromatic N) is 4. The van der Waals surface area contributed by atoms with Crippen molar-refractivity contribution in [2.75, 3.05) is 18.4 Å². The van der Waals surface area contributed by atoms with Crippen molar-refractivity contribution >= 4 is 40.3 Å². The lowest BCUT2D eigenvalue weighted by molar-refractivity contribution is -0.121. The number of hydrogen-bond acceptors (Lipinski definition) is 4. The molecule has 0 saturated carbocycles. The summed E-state index contributed by atoms with van der Waals surface area (Å²) < 4.78 is 2.09. The lowest BCUT2D eigenvalue weighted by Crippen LogP contribution is -2.41. The zero-order valence-corrected chi connectivity index (χ0v) is 19.5. The maximum absolute atomic E-state index is 13.2. The average molecular weight is 474 g/mol. The minimum atomic E-state index is -0.159. The first-order valence-corrected chi connectivity index (χ1v) is 11.6. The monoisotopic (exact) mass is 473 g/mol. The van der Waals surface area contributed by atoms with Crippen LogP contribution in [0.3, 0.4) is 0 Å². The second-order valence-corrected chi connectivity index (χ2v) is 8.89. The predicted octanol–water partition coefficient (Wildman–Crippen LogP) is 4.87. The van der Waals surface area contributed by atoms with E-state index in [0.29, 0.717) is 42.3 Å². The molecule has 2 aromatic heterocycles. The molecule has 0 aliphatic carbocycles. The van der Waals surface area contributed by atoms with Crippen LogP contribution in [-0.4, -0.2) is 44.3 Å². The highest BCUT2D eigenvalue weighted by molar-refractivity contribution is 6.30. The van der Waals surface area contributed by atoms with Gasteiger partial charge in [0, 0.05) is 36.5 Å². The molecule has 1 N–H and O–H groups in total. The number of para-hydroxylation sites is 1. The van der Waals surface area contributed by atoms with Gasteiger partial charge in [0.05, 0.1) is 16.1 Å². The van der Waals surface area contributed by atoms with Crippen molar-refractivity contribution in [2.24, 2.45) is 5.92 Å². The topological polar surface area (TPSA) is 80.1 Å². The van der Waals surface area contributed by atoms with Crippen LogP contribution in [0.25, 0.3) is 16.7 Å². The highest BCUT2D eigenvalue weighted by Gasteiger charge is 2.28. The summed E-state index contributed by atoms with van der Waals surface area (Å²) in [6, 6.07) is 19.1. The molecule has 0 atom stereocenters. The summed E-state index contributed by atoms with van der Waals surface area (Å²) in [5.41, 5.74) is 3.40. The summed E-state index contributed by atoms with van der Waals surface area (Å²) in [4.78, 5) is 36.4. The average Bonchev–Trinajstić information content (AvgIpc) is 3.20. The molecule has 7 nitrogen and oxygen atoms in total. The molecule has 5 rings (SSSR count). The molecule has 1 fully saturated rings. The number of halogens is 1. The molecule has 1 saturated heterocycles. The Labute approximate surface area is 202 Å². The van der Waals surface area contributed by atoms with Crippen LogP contribution < -0.4 is 5.32 Å². The highest BCUT2D eigenvalue weighted by Crippen LogP contribution is 2.25. The molecular formula is C26H24ClN5O2. The third-order valence-corrected chi connectivity index (χ3v) is 6.44. The van der Waals surface area contributed by atoms with Gasteiger partial charge in [-0.3, -0.25) is 14.2 Å². The highest BCUT2D eigenvalue weighted by atomic mass is 35.5. The van der Waals surface area contributed by atoms with Crippen LogP contribution in [0.2, 0.25) is 5.02 Å². The van der Waals surface area contributed by atoms with E-state index in [2.05, 4.69) is 19.9 Å². The molecule has 0 radical (unpaired) electrons. The number of rotatable bonds is 4. The van der Waals surface area contributed by atoms with E-state index < -0.39 is 0 Å². The molecule has 1 aliphatic rings. The molecule has 0 bridgehead atoms. The van der Waals surface area contributed by atoms with Gasteiger partial charge in [-0.25, -0.2) is 9.97 Å². The SMILES string of the molecule is Cc1nc2cc(C(=O)N3CCC(C(=O)Nc4ccc(Cl)cn4)CC3)ccc2n1-c1ccccc1. The minimum Gasteiger partial charge on any atom is -0.339 e. The van der Waals surface area contributed by atoms with Crippen molar-refractivity contribution in [3.05, 3.63) is 83.3 Å². The van der Waals surface area contributed by atoms with Crippen molar-refractivity contribution in [1.82, 2.24) is 19.4 Å². The Balaban J connectivity index is 1.26. The van der Waals surface area contributed by atoms with Gasteiger partial charge < -0.3 is 10.2 Å². The van der Waals surface area contributed by atoms with Gasteiger partial charge in [0.2, 0.25) is 5.91 Å². The zero-order chi connectivity index (χ0) is 23.7. The zero-order valence-electron chi connectivity index (χ0n) is 18.7. The van der Waals surface area contributed by atoms with Gasteiger partial charge in [0.25, 0.3) is 5.91 Å². The van der Waals surface area contributed by atoms with E-state index in [9.17, 15) is 9.59 Å². The molecule has 0 spiro atoms. The maximum Gasteiger partial charge on any atom is 0.253 e. The first-order valence-electron chi connectivity index (χ1n) is 11.3. The molecule has 2 amide bonds. The van der Waals surface area contributed by atoms with E-state index in [0.717, 1.165) is 22.5 Å². The van der Waals surface area contributed by atoms with E-state index in [1.807, 2.05) is 60.4 Å². The van der Waals surface area contributed by atoms with Crippen molar-refractivity contribution in [3.63, 3.8) is 0 Å². The van der Waals surface area contributed by atoms with E-state index in [1.54, 1.807) is 12.1 Å². The molecular weight excluding hydrogens is 450 g/mol. The second-order valence-electron chi connectivity index (χ2n) is 8.45.